The first-order valence-corrected chi connectivity index (χ1v) is 7.98. The highest BCUT2D eigenvalue weighted by Gasteiger charge is 2.27. The minimum Gasteiger partial charge on any atom is -0.397 e. The van der Waals surface area contributed by atoms with Crippen molar-refractivity contribution in [2.75, 3.05) is 12.3 Å². The van der Waals surface area contributed by atoms with Crippen molar-refractivity contribution in [3.8, 4) is 0 Å². The molecule has 1 aliphatic rings. The highest BCUT2D eigenvalue weighted by atomic mass is 16.1. The van der Waals surface area contributed by atoms with Gasteiger partial charge in [0.05, 0.1) is 5.69 Å². The van der Waals surface area contributed by atoms with E-state index in [1.807, 2.05) is 10.8 Å². The lowest BCUT2D eigenvalue weighted by Crippen LogP contribution is -2.26. The van der Waals surface area contributed by atoms with Crippen molar-refractivity contribution in [1.82, 2.24) is 9.88 Å². The number of anilines is 1. The summed E-state index contributed by atoms with van der Waals surface area (Å²) in [7, 11) is 0. The highest BCUT2D eigenvalue weighted by Crippen LogP contribution is 2.37. The third kappa shape index (κ3) is 4.29. The molecule has 20 heavy (non-hydrogen) atoms. The Labute approximate surface area is 121 Å². The molecule has 0 atom stereocenters. The number of hydrogen-bond acceptors (Lipinski definition) is 2. The fraction of sp³-hybridized carbons (Fsp3) is 0.688. The molecule has 3 N–H and O–H groups in total. The van der Waals surface area contributed by atoms with E-state index in [4.69, 9.17) is 5.73 Å². The summed E-state index contributed by atoms with van der Waals surface area (Å²) in [6.07, 6.45) is 11.6. The zero-order chi connectivity index (χ0) is 14.4. The monoisotopic (exact) mass is 277 g/mol. The van der Waals surface area contributed by atoms with Gasteiger partial charge in [0.15, 0.2) is 0 Å². The first kappa shape index (κ1) is 14.9. The van der Waals surface area contributed by atoms with Gasteiger partial charge in [0.25, 0.3) is 5.91 Å². The highest BCUT2D eigenvalue weighted by molar-refractivity contribution is 5.93. The molecule has 0 bridgehead atoms. The van der Waals surface area contributed by atoms with Gasteiger partial charge >= 0.3 is 0 Å². The van der Waals surface area contributed by atoms with Crippen LogP contribution in [0.3, 0.4) is 0 Å². The van der Waals surface area contributed by atoms with Crippen LogP contribution >= 0.6 is 0 Å². The molecule has 0 aromatic carbocycles. The SMILES string of the molecule is CCCCCCCCNC(=O)c1cc(N)cn1C1CC1. The second kappa shape index (κ2) is 7.36. The van der Waals surface area contributed by atoms with E-state index in [0.29, 0.717) is 11.7 Å². The Bertz CT molecular complexity index is 435. The number of unbranched alkanes of at least 4 members (excludes halogenated alkanes) is 5. The molecule has 1 amide bonds. The number of carbonyl (C=O) groups is 1. The van der Waals surface area contributed by atoms with Crippen molar-refractivity contribution < 1.29 is 4.79 Å². The minimum absolute atomic E-state index is 0.0159. The van der Waals surface area contributed by atoms with Crippen LogP contribution in [0.1, 0.15) is 74.8 Å². The standard InChI is InChI=1S/C16H27N3O/c1-2-3-4-5-6-7-10-18-16(20)15-11-13(17)12-19(15)14-8-9-14/h11-12,14H,2-10,17H2,1H3,(H,18,20). The third-order valence-electron chi connectivity index (χ3n) is 3.86. The predicted octanol–water partition coefficient (Wildman–Crippen LogP) is 3.50. The average Bonchev–Trinajstić information content (AvgIpc) is 3.20. The number of nitrogen functional groups attached to an aromatic ring is 1. The van der Waals surface area contributed by atoms with Gasteiger partial charge in [-0.25, -0.2) is 0 Å². The van der Waals surface area contributed by atoms with E-state index in [1.165, 1.54) is 32.1 Å². The van der Waals surface area contributed by atoms with Gasteiger partial charge in [-0.2, -0.15) is 0 Å². The van der Waals surface area contributed by atoms with Crippen LogP contribution in [0.2, 0.25) is 0 Å². The zero-order valence-electron chi connectivity index (χ0n) is 12.5. The normalized spacial score (nSPS) is 14.4. The number of nitrogens with zero attached hydrogens (tertiary/aromatic N) is 1. The van der Waals surface area contributed by atoms with Crippen LogP contribution in [0.15, 0.2) is 12.3 Å². The van der Waals surface area contributed by atoms with Gasteiger partial charge in [-0.3, -0.25) is 4.79 Å². The quantitative estimate of drug-likeness (QED) is 0.679. The van der Waals surface area contributed by atoms with E-state index < -0.39 is 0 Å². The van der Waals surface area contributed by atoms with Gasteiger partial charge in [0, 0.05) is 18.8 Å². The lowest BCUT2D eigenvalue weighted by atomic mass is 10.1. The molecule has 112 valence electrons. The van der Waals surface area contributed by atoms with E-state index >= 15 is 0 Å². The fourth-order valence-corrected chi connectivity index (χ4v) is 2.54. The topological polar surface area (TPSA) is 60.1 Å². The summed E-state index contributed by atoms with van der Waals surface area (Å²) in [5.41, 5.74) is 7.21. The van der Waals surface area contributed by atoms with Crippen LogP contribution in [-0.4, -0.2) is 17.0 Å². The molecule has 4 heteroatoms. The van der Waals surface area contributed by atoms with Gasteiger partial charge in [-0.1, -0.05) is 39.0 Å². The summed E-state index contributed by atoms with van der Waals surface area (Å²) >= 11 is 0. The smallest absolute Gasteiger partial charge is 0.267 e. The molecular formula is C16H27N3O. The maximum absolute atomic E-state index is 12.2. The molecule has 0 spiro atoms. The van der Waals surface area contributed by atoms with Gasteiger partial charge in [-0.15, -0.1) is 0 Å². The summed E-state index contributed by atoms with van der Waals surface area (Å²) in [5.74, 6) is 0.0159. The third-order valence-corrected chi connectivity index (χ3v) is 3.86. The summed E-state index contributed by atoms with van der Waals surface area (Å²) < 4.78 is 2.03. The van der Waals surface area contributed by atoms with Crippen LogP contribution in [-0.2, 0) is 0 Å². The largest absolute Gasteiger partial charge is 0.397 e. The summed E-state index contributed by atoms with van der Waals surface area (Å²) in [6, 6.07) is 2.27. The number of nitrogens with one attached hydrogen (secondary N) is 1. The molecule has 1 saturated carbocycles. The van der Waals surface area contributed by atoms with Crippen molar-refractivity contribution in [1.29, 1.82) is 0 Å². The molecule has 1 fully saturated rings. The molecule has 4 nitrogen and oxygen atoms in total. The summed E-state index contributed by atoms with van der Waals surface area (Å²) in [6.45, 7) is 2.99. The Morgan fingerprint density at radius 3 is 2.70 bits per heavy atom. The zero-order valence-corrected chi connectivity index (χ0v) is 12.5. The Morgan fingerprint density at radius 1 is 1.30 bits per heavy atom. The lowest BCUT2D eigenvalue weighted by molar-refractivity contribution is 0.0943. The molecule has 1 aromatic rings. The average molecular weight is 277 g/mol. The van der Waals surface area contributed by atoms with Crippen molar-refractivity contribution in [2.24, 2.45) is 0 Å². The van der Waals surface area contributed by atoms with Crippen molar-refractivity contribution >= 4 is 11.6 Å². The van der Waals surface area contributed by atoms with Crippen LogP contribution in [0, 0.1) is 0 Å². The van der Waals surface area contributed by atoms with Gasteiger partial charge in [0.2, 0.25) is 0 Å². The molecule has 2 rings (SSSR count). The van der Waals surface area contributed by atoms with Crippen LogP contribution in [0.25, 0.3) is 0 Å². The number of hydrogen-bond donors (Lipinski definition) is 2. The van der Waals surface area contributed by atoms with E-state index in [9.17, 15) is 4.79 Å². The molecule has 1 aliphatic carbocycles. The van der Waals surface area contributed by atoms with E-state index in [0.717, 1.165) is 31.5 Å². The van der Waals surface area contributed by atoms with Gasteiger partial charge < -0.3 is 15.6 Å². The van der Waals surface area contributed by atoms with Crippen LogP contribution in [0.4, 0.5) is 5.69 Å². The molecule has 0 aliphatic heterocycles. The molecule has 1 aromatic heterocycles. The van der Waals surface area contributed by atoms with E-state index in [-0.39, 0.29) is 5.91 Å². The molecule has 0 saturated heterocycles. The lowest BCUT2D eigenvalue weighted by Gasteiger charge is -2.08. The molecule has 0 unspecified atom stereocenters. The first-order valence-electron chi connectivity index (χ1n) is 7.98. The molecule has 1 heterocycles. The summed E-state index contributed by atoms with van der Waals surface area (Å²) in [4.78, 5) is 12.2. The number of nitrogens with two attached hydrogens (primary N) is 1. The fourth-order valence-electron chi connectivity index (χ4n) is 2.54. The maximum atomic E-state index is 12.2. The first-order chi connectivity index (χ1) is 9.72. The number of rotatable bonds is 9. The Balaban J connectivity index is 1.69. The second-order valence-electron chi connectivity index (χ2n) is 5.82. The van der Waals surface area contributed by atoms with Crippen molar-refractivity contribution in [2.45, 2.75) is 64.3 Å². The second-order valence-corrected chi connectivity index (χ2v) is 5.82. The van der Waals surface area contributed by atoms with Crippen LogP contribution < -0.4 is 11.1 Å². The molecular weight excluding hydrogens is 250 g/mol. The Hall–Kier alpha value is -1.45. The summed E-state index contributed by atoms with van der Waals surface area (Å²) in [5, 5.41) is 3.01. The van der Waals surface area contributed by atoms with Crippen LogP contribution in [0.5, 0.6) is 0 Å². The van der Waals surface area contributed by atoms with Crippen molar-refractivity contribution in [3.63, 3.8) is 0 Å². The number of amides is 1. The van der Waals surface area contributed by atoms with Crippen molar-refractivity contribution in [3.05, 3.63) is 18.0 Å². The Kier molecular flexibility index (Phi) is 5.50. The van der Waals surface area contributed by atoms with Gasteiger partial charge in [-0.05, 0) is 25.3 Å². The predicted molar refractivity (Wildman–Crippen MR) is 82.8 cm³/mol. The number of aromatic nitrogens is 1. The van der Waals surface area contributed by atoms with E-state index in [2.05, 4.69) is 12.2 Å². The minimum atomic E-state index is 0.0159. The van der Waals surface area contributed by atoms with Gasteiger partial charge in [0.1, 0.15) is 5.69 Å². The van der Waals surface area contributed by atoms with E-state index in [1.54, 1.807) is 6.07 Å². The molecule has 0 radical (unpaired) electrons. The number of carbonyl (C=O) groups excluding carboxylic acids is 1. The Morgan fingerprint density at radius 2 is 2.00 bits per heavy atom. The maximum Gasteiger partial charge on any atom is 0.267 e.